The summed E-state index contributed by atoms with van der Waals surface area (Å²) in [5, 5.41) is 10.9. The van der Waals surface area contributed by atoms with Gasteiger partial charge in [0, 0.05) is 17.5 Å². The Morgan fingerprint density at radius 2 is 1.48 bits per heavy atom. The van der Waals surface area contributed by atoms with Crippen LogP contribution in [0.4, 0.5) is 0 Å². The Kier molecular flexibility index (Phi) is 8.34. The molecule has 0 atom stereocenters. The Hall–Kier alpha value is -3.24. The number of methoxy groups -OCH3 is 4. The molecule has 0 heterocycles. The maximum absolute atomic E-state index is 12.8. The first-order valence-corrected chi connectivity index (χ1v) is 11.5. The number of hydrogen-bond acceptors (Lipinski definition) is 9. The van der Waals surface area contributed by atoms with Gasteiger partial charge in [-0.3, -0.25) is 0 Å². The van der Waals surface area contributed by atoms with Crippen molar-refractivity contribution in [3.63, 3.8) is 0 Å². The zero-order chi connectivity index (χ0) is 24.8. The summed E-state index contributed by atoms with van der Waals surface area (Å²) >= 11 is 0. The molecule has 0 aromatic heterocycles. The van der Waals surface area contributed by atoms with Crippen molar-refractivity contribution < 1.29 is 42.0 Å². The van der Waals surface area contributed by atoms with Gasteiger partial charge in [0.15, 0.2) is 26.9 Å². The Balaban J connectivity index is 2.34. The largest absolute Gasteiger partial charge is 0.496 e. The standard InChI is InChI=1S/C23H28O9S/c1-23(2,25)22(24)32-21-11-15(7-8-18(21)29-4)14-33(26,27)10-9-17-19(30-5)12-16(28-3)13-20(17)31-6/h7-13,25H,14H2,1-6H3. The fraction of sp³-hybridized carbons (Fsp3) is 0.348. The number of hydrogen-bond donors (Lipinski definition) is 1. The van der Waals surface area contributed by atoms with E-state index in [1.54, 1.807) is 18.2 Å². The molecule has 0 radical (unpaired) electrons. The van der Waals surface area contributed by atoms with Gasteiger partial charge in [-0.25, -0.2) is 13.2 Å². The zero-order valence-corrected chi connectivity index (χ0v) is 20.2. The van der Waals surface area contributed by atoms with E-state index in [1.807, 2.05) is 0 Å². The Labute approximate surface area is 193 Å². The zero-order valence-electron chi connectivity index (χ0n) is 19.4. The lowest BCUT2D eigenvalue weighted by Gasteiger charge is -2.17. The molecule has 9 nitrogen and oxygen atoms in total. The van der Waals surface area contributed by atoms with Gasteiger partial charge in [0.1, 0.15) is 17.2 Å². The van der Waals surface area contributed by atoms with Gasteiger partial charge in [0.05, 0.1) is 39.8 Å². The molecule has 180 valence electrons. The maximum atomic E-state index is 12.8. The monoisotopic (exact) mass is 480 g/mol. The van der Waals surface area contributed by atoms with Crippen molar-refractivity contribution in [3.05, 3.63) is 46.9 Å². The van der Waals surface area contributed by atoms with Crippen LogP contribution in [0.5, 0.6) is 28.7 Å². The summed E-state index contributed by atoms with van der Waals surface area (Å²) in [6.45, 7) is 2.56. The minimum atomic E-state index is -3.75. The number of carbonyl (C=O) groups excluding carboxylic acids is 1. The van der Waals surface area contributed by atoms with Crippen LogP contribution in [0.2, 0.25) is 0 Å². The maximum Gasteiger partial charge on any atom is 0.343 e. The van der Waals surface area contributed by atoms with Crippen LogP contribution < -0.4 is 23.7 Å². The first kappa shape index (κ1) is 26.0. The van der Waals surface area contributed by atoms with Gasteiger partial charge >= 0.3 is 5.97 Å². The number of benzene rings is 2. The van der Waals surface area contributed by atoms with Crippen LogP contribution in [0.3, 0.4) is 0 Å². The van der Waals surface area contributed by atoms with Crippen LogP contribution in [0.15, 0.2) is 35.7 Å². The Morgan fingerprint density at radius 1 is 0.909 bits per heavy atom. The van der Waals surface area contributed by atoms with E-state index in [0.717, 1.165) is 5.41 Å². The molecule has 33 heavy (non-hydrogen) atoms. The summed E-state index contributed by atoms with van der Waals surface area (Å²) in [7, 11) is 2.04. The van der Waals surface area contributed by atoms with E-state index in [0.29, 0.717) is 28.4 Å². The van der Waals surface area contributed by atoms with Crippen molar-refractivity contribution >= 4 is 21.9 Å². The highest BCUT2D eigenvalue weighted by Gasteiger charge is 2.27. The van der Waals surface area contributed by atoms with E-state index in [-0.39, 0.29) is 17.3 Å². The molecule has 0 unspecified atom stereocenters. The average molecular weight is 481 g/mol. The molecule has 0 bridgehead atoms. The van der Waals surface area contributed by atoms with Gasteiger partial charge in [-0.2, -0.15) is 0 Å². The lowest BCUT2D eigenvalue weighted by Crippen LogP contribution is -2.35. The van der Waals surface area contributed by atoms with Gasteiger partial charge in [0.25, 0.3) is 0 Å². The third kappa shape index (κ3) is 6.87. The molecule has 0 fully saturated rings. The molecule has 0 saturated heterocycles. The molecule has 2 aromatic rings. The summed E-state index contributed by atoms with van der Waals surface area (Å²) in [4.78, 5) is 12.0. The highest BCUT2D eigenvalue weighted by atomic mass is 32.2. The number of ether oxygens (including phenoxy) is 5. The van der Waals surface area contributed by atoms with Crippen molar-refractivity contribution in [3.8, 4) is 28.7 Å². The summed E-state index contributed by atoms with van der Waals surface area (Å²) < 4.78 is 51.8. The first-order chi connectivity index (χ1) is 15.4. The molecule has 0 aliphatic rings. The van der Waals surface area contributed by atoms with E-state index in [4.69, 9.17) is 23.7 Å². The fourth-order valence-corrected chi connectivity index (χ4v) is 3.85. The number of rotatable bonds is 10. The van der Waals surface area contributed by atoms with Crippen molar-refractivity contribution in [2.75, 3.05) is 28.4 Å². The lowest BCUT2D eigenvalue weighted by molar-refractivity contribution is -0.151. The van der Waals surface area contributed by atoms with E-state index in [1.165, 1.54) is 60.5 Å². The molecule has 1 N–H and O–H groups in total. The summed E-state index contributed by atoms with van der Waals surface area (Å²) in [5.41, 5.74) is -0.946. The van der Waals surface area contributed by atoms with Gasteiger partial charge in [0.2, 0.25) is 0 Å². The molecule has 0 saturated carbocycles. The van der Waals surface area contributed by atoms with Crippen molar-refractivity contribution in [2.45, 2.75) is 25.2 Å². The van der Waals surface area contributed by atoms with Crippen molar-refractivity contribution in [1.82, 2.24) is 0 Å². The van der Waals surface area contributed by atoms with Crippen LogP contribution in [-0.4, -0.2) is 53.5 Å². The van der Waals surface area contributed by atoms with Crippen LogP contribution in [0.1, 0.15) is 25.0 Å². The Bertz CT molecular complexity index is 1100. The number of aliphatic hydroxyl groups is 1. The normalized spacial score (nSPS) is 11.8. The van der Waals surface area contributed by atoms with Crippen LogP contribution in [0.25, 0.3) is 6.08 Å². The van der Waals surface area contributed by atoms with Gasteiger partial charge in [-0.15, -0.1) is 0 Å². The molecule has 0 aliphatic carbocycles. The third-order valence-corrected chi connectivity index (χ3v) is 5.78. The first-order valence-electron chi connectivity index (χ1n) is 9.76. The van der Waals surface area contributed by atoms with Gasteiger partial charge < -0.3 is 28.8 Å². The molecule has 2 aromatic carbocycles. The van der Waals surface area contributed by atoms with Crippen molar-refractivity contribution in [1.29, 1.82) is 0 Å². The molecular weight excluding hydrogens is 452 g/mol. The van der Waals surface area contributed by atoms with E-state index < -0.39 is 21.4 Å². The predicted octanol–water partition coefficient (Wildman–Crippen LogP) is 2.98. The summed E-state index contributed by atoms with van der Waals surface area (Å²) in [6.07, 6.45) is 1.38. The summed E-state index contributed by atoms with van der Waals surface area (Å²) in [5.74, 6) is 0.193. The van der Waals surface area contributed by atoms with E-state index in [2.05, 4.69) is 0 Å². The second-order valence-corrected chi connectivity index (χ2v) is 9.38. The smallest absolute Gasteiger partial charge is 0.343 e. The number of sulfone groups is 1. The second-order valence-electron chi connectivity index (χ2n) is 7.49. The molecular formula is C23H28O9S. The van der Waals surface area contributed by atoms with Crippen molar-refractivity contribution in [2.24, 2.45) is 0 Å². The van der Waals surface area contributed by atoms with E-state index >= 15 is 0 Å². The fourth-order valence-electron chi connectivity index (χ4n) is 2.76. The van der Waals surface area contributed by atoms with Gasteiger partial charge in [-0.05, 0) is 37.6 Å². The highest BCUT2D eigenvalue weighted by molar-refractivity contribution is 7.93. The third-order valence-electron chi connectivity index (χ3n) is 4.49. The quantitative estimate of drug-likeness (QED) is 0.404. The summed E-state index contributed by atoms with van der Waals surface area (Å²) in [6, 6.07) is 7.63. The van der Waals surface area contributed by atoms with Crippen LogP contribution in [-0.2, 0) is 20.4 Å². The molecule has 0 aliphatic heterocycles. The molecule has 10 heteroatoms. The second kappa shape index (κ2) is 10.6. The van der Waals surface area contributed by atoms with E-state index in [9.17, 15) is 18.3 Å². The SMILES string of the molecule is COc1cc(OC)c(C=CS(=O)(=O)Cc2ccc(OC)c(OC(=O)C(C)(C)O)c2)c(OC)c1. The minimum absolute atomic E-state index is 0.000188. The Morgan fingerprint density at radius 3 is 1.97 bits per heavy atom. The lowest BCUT2D eigenvalue weighted by atomic mass is 10.1. The molecule has 0 spiro atoms. The number of carbonyl (C=O) groups is 1. The topological polar surface area (TPSA) is 118 Å². The average Bonchev–Trinajstić information content (AvgIpc) is 2.76. The molecule has 2 rings (SSSR count). The van der Waals surface area contributed by atoms with Crippen LogP contribution in [0, 0.1) is 0 Å². The molecule has 0 amide bonds. The predicted molar refractivity (Wildman–Crippen MR) is 123 cm³/mol. The minimum Gasteiger partial charge on any atom is -0.496 e. The highest BCUT2D eigenvalue weighted by Crippen LogP contribution is 2.35. The number of esters is 1. The van der Waals surface area contributed by atoms with Crippen LogP contribution >= 0.6 is 0 Å². The van der Waals surface area contributed by atoms with Gasteiger partial charge in [-0.1, -0.05) is 6.07 Å².